The van der Waals surface area contributed by atoms with Crippen molar-refractivity contribution in [1.29, 1.82) is 0 Å². The predicted octanol–water partition coefficient (Wildman–Crippen LogP) is 1.17. The Balaban J connectivity index is 3.02. The number of nitrogens with two attached hydrogens (primary N) is 1. The fourth-order valence-corrected chi connectivity index (χ4v) is 1.58. The molecule has 4 nitrogen and oxygen atoms in total. The van der Waals surface area contributed by atoms with Gasteiger partial charge in [0.2, 0.25) is 5.91 Å². The number of rotatable bonds is 5. The van der Waals surface area contributed by atoms with E-state index in [4.69, 9.17) is 5.73 Å². The van der Waals surface area contributed by atoms with E-state index in [2.05, 4.69) is 17.2 Å². The van der Waals surface area contributed by atoms with Crippen molar-refractivity contribution < 1.29 is 4.79 Å². The van der Waals surface area contributed by atoms with Crippen molar-refractivity contribution in [3.05, 3.63) is 30.1 Å². The molecule has 2 unspecified atom stereocenters. The Kier molecular flexibility index (Phi) is 4.01. The molecular formula is C12H19N3O. The van der Waals surface area contributed by atoms with E-state index in [1.807, 2.05) is 6.92 Å². The SMILES string of the molecule is CCC(C)NC(C)(C(N)=O)c1ccncc1. The van der Waals surface area contributed by atoms with Crippen LogP contribution in [-0.4, -0.2) is 16.9 Å². The van der Waals surface area contributed by atoms with Gasteiger partial charge < -0.3 is 5.73 Å². The van der Waals surface area contributed by atoms with E-state index in [9.17, 15) is 4.79 Å². The first-order valence-corrected chi connectivity index (χ1v) is 5.48. The van der Waals surface area contributed by atoms with Gasteiger partial charge in [-0.1, -0.05) is 6.92 Å². The van der Waals surface area contributed by atoms with Crippen LogP contribution in [-0.2, 0) is 10.3 Å². The maximum atomic E-state index is 11.6. The lowest BCUT2D eigenvalue weighted by Gasteiger charge is -2.31. The van der Waals surface area contributed by atoms with Crippen LogP contribution in [0.5, 0.6) is 0 Å². The Morgan fingerprint density at radius 3 is 2.56 bits per heavy atom. The van der Waals surface area contributed by atoms with Crippen LogP contribution >= 0.6 is 0 Å². The summed E-state index contributed by atoms with van der Waals surface area (Å²) in [7, 11) is 0. The summed E-state index contributed by atoms with van der Waals surface area (Å²) in [5, 5.41) is 3.26. The van der Waals surface area contributed by atoms with E-state index in [0.29, 0.717) is 0 Å². The highest BCUT2D eigenvalue weighted by atomic mass is 16.1. The first-order chi connectivity index (χ1) is 7.50. The van der Waals surface area contributed by atoms with Crippen molar-refractivity contribution in [2.75, 3.05) is 0 Å². The molecule has 1 heterocycles. The third kappa shape index (κ3) is 2.58. The van der Waals surface area contributed by atoms with Gasteiger partial charge in [-0.25, -0.2) is 0 Å². The average molecular weight is 221 g/mol. The maximum Gasteiger partial charge on any atom is 0.242 e. The van der Waals surface area contributed by atoms with Crippen molar-refractivity contribution in [2.24, 2.45) is 5.73 Å². The van der Waals surface area contributed by atoms with E-state index in [0.717, 1.165) is 12.0 Å². The summed E-state index contributed by atoms with van der Waals surface area (Å²) >= 11 is 0. The van der Waals surface area contributed by atoms with Gasteiger partial charge >= 0.3 is 0 Å². The predicted molar refractivity (Wildman–Crippen MR) is 63.7 cm³/mol. The number of carbonyl (C=O) groups excluding carboxylic acids is 1. The molecule has 0 aliphatic carbocycles. The Bertz CT molecular complexity index is 353. The van der Waals surface area contributed by atoms with E-state index in [1.165, 1.54) is 0 Å². The second-order valence-corrected chi connectivity index (χ2v) is 4.18. The van der Waals surface area contributed by atoms with Crippen LogP contribution < -0.4 is 11.1 Å². The zero-order chi connectivity index (χ0) is 12.2. The van der Waals surface area contributed by atoms with Crippen LogP contribution in [0.25, 0.3) is 0 Å². The van der Waals surface area contributed by atoms with Gasteiger partial charge in [0.05, 0.1) is 0 Å². The van der Waals surface area contributed by atoms with Gasteiger partial charge in [-0.2, -0.15) is 0 Å². The Labute approximate surface area is 96.3 Å². The molecule has 16 heavy (non-hydrogen) atoms. The molecule has 1 rings (SSSR count). The largest absolute Gasteiger partial charge is 0.368 e. The van der Waals surface area contributed by atoms with Crippen LogP contribution in [0.4, 0.5) is 0 Å². The third-order valence-corrected chi connectivity index (χ3v) is 2.90. The summed E-state index contributed by atoms with van der Waals surface area (Å²) in [5.74, 6) is -0.376. The highest BCUT2D eigenvalue weighted by Gasteiger charge is 2.33. The van der Waals surface area contributed by atoms with E-state index in [-0.39, 0.29) is 11.9 Å². The van der Waals surface area contributed by atoms with Crippen LogP contribution in [0.15, 0.2) is 24.5 Å². The number of primary amides is 1. The summed E-state index contributed by atoms with van der Waals surface area (Å²) in [6.45, 7) is 5.89. The van der Waals surface area contributed by atoms with Crippen LogP contribution in [0.1, 0.15) is 32.8 Å². The van der Waals surface area contributed by atoms with Crippen molar-refractivity contribution in [3.63, 3.8) is 0 Å². The molecule has 0 aliphatic heterocycles. The molecule has 0 aliphatic rings. The number of aromatic nitrogens is 1. The lowest BCUT2D eigenvalue weighted by atomic mass is 9.91. The standard InChI is InChI=1S/C12H19N3O/c1-4-9(2)15-12(3,11(13)16)10-5-7-14-8-6-10/h5-9,15H,4H2,1-3H3,(H2,13,16). The summed E-state index contributed by atoms with van der Waals surface area (Å²) in [6.07, 6.45) is 4.26. The topological polar surface area (TPSA) is 68.0 Å². The highest BCUT2D eigenvalue weighted by Crippen LogP contribution is 2.20. The lowest BCUT2D eigenvalue weighted by molar-refractivity contribution is -0.124. The first kappa shape index (κ1) is 12.6. The summed E-state index contributed by atoms with van der Waals surface area (Å²) in [4.78, 5) is 15.6. The lowest BCUT2D eigenvalue weighted by Crippen LogP contribution is -2.53. The van der Waals surface area contributed by atoms with Gasteiger partial charge in [-0.3, -0.25) is 15.1 Å². The van der Waals surface area contributed by atoms with Gasteiger partial charge in [0.25, 0.3) is 0 Å². The van der Waals surface area contributed by atoms with Gasteiger partial charge in [0.15, 0.2) is 0 Å². The molecule has 0 radical (unpaired) electrons. The minimum absolute atomic E-state index is 0.227. The second-order valence-electron chi connectivity index (χ2n) is 4.18. The normalized spacial score (nSPS) is 16.4. The zero-order valence-electron chi connectivity index (χ0n) is 10.0. The molecule has 0 saturated heterocycles. The summed E-state index contributed by atoms with van der Waals surface area (Å²) < 4.78 is 0. The molecule has 0 bridgehead atoms. The number of amides is 1. The molecule has 0 aromatic carbocycles. The Hall–Kier alpha value is -1.42. The molecule has 88 valence electrons. The molecule has 1 aromatic heterocycles. The monoisotopic (exact) mass is 221 g/mol. The van der Waals surface area contributed by atoms with E-state index in [1.54, 1.807) is 31.5 Å². The Morgan fingerprint density at radius 2 is 2.12 bits per heavy atom. The van der Waals surface area contributed by atoms with Gasteiger partial charge in [-0.05, 0) is 38.0 Å². The molecule has 0 spiro atoms. The zero-order valence-corrected chi connectivity index (χ0v) is 10.0. The molecule has 3 N–H and O–H groups in total. The van der Waals surface area contributed by atoms with Gasteiger partial charge in [0, 0.05) is 18.4 Å². The molecule has 0 saturated carbocycles. The second kappa shape index (κ2) is 5.07. The molecule has 4 heteroatoms. The van der Waals surface area contributed by atoms with Gasteiger partial charge in [0.1, 0.15) is 5.54 Å². The van der Waals surface area contributed by atoms with Crippen molar-refractivity contribution in [1.82, 2.24) is 10.3 Å². The average Bonchev–Trinajstić information content (AvgIpc) is 2.29. The minimum atomic E-state index is -0.835. The van der Waals surface area contributed by atoms with Crippen molar-refractivity contribution >= 4 is 5.91 Å². The molecule has 1 aromatic rings. The third-order valence-electron chi connectivity index (χ3n) is 2.90. The first-order valence-electron chi connectivity index (χ1n) is 5.48. The highest BCUT2D eigenvalue weighted by molar-refractivity contribution is 5.85. The smallest absolute Gasteiger partial charge is 0.242 e. The fourth-order valence-electron chi connectivity index (χ4n) is 1.58. The molecule has 1 amide bonds. The number of nitrogens with one attached hydrogen (secondary N) is 1. The van der Waals surface area contributed by atoms with Crippen molar-refractivity contribution in [2.45, 2.75) is 38.8 Å². The Morgan fingerprint density at radius 1 is 1.56 bits per heavy atom. The quantitative estimate of drug-likeness (QED) is 0.784. The number of hydrogen-bond donors (Lipinski definition) is 2. The number of carbonyl (C=O) groups is 1. The molecule has 2 atom stereocenters. The van der Waals surface area contributed by atoms with Gasteiger partial charge in [-0.15, -0.1) is 0 Å². The van der Waals surface area contributed by atoms with Crippen LogP contribution in [0, 0.1) is 0 Å². The van der Waals surface area contributed by atoms with E-state index >= 15 is 0 Å². The number of pyridine rings is 1. The summed E-state index contributed by atoms with van der Waals surface area (Å²) in [6, 6.07) is 3.84. The van der Waals surface area contributed by atoms with Crippen molar-refractivity contribution in [3.8, 4) is 0 Å². The number of hydrogen-bond acceptors (Lipinski definition) is 3. The van der Waals surface area contributed by atoms with Crippen LogP contribution in [0.3, 0.4) is 0 Å². The van der Waals surface area contributed by atoms with E-state index < -0.39 is 5.54 Å². The fraction of sp³-hybridized carbons (Fsp3) is 0.500. The maximum absolute atomic E-state index is 11.6. The number of nitrogens with zero attached hydrogens (tertiary/aromatic N) is 1. The van der Waals surface area contributed by atoms with Crippen LogP contribution in [0.2, 0.25) is 0 Å². The summed E-state index contributed by atoms with van der Waals surface area (Å²) in [5.41, 5.74) is 5.49. The minimum Gasteiger partial charge on any atom is -0.368 e. The molecule has 0 fully saturated rings. The molecular weight excluding hydrogens is 202 g/mol.